The van der Waals surface area contributed by atoms with Crippen molar-refractivity contribution in [3.63, 3.8) is 0 Å². The largest absolute Gasteiger partial charge is 0.247 e. The van der Waals surface area contributed by atoms with Gasteiger partial charge in [-0.1, -0.05) is 334 Å². The molecule has 0 radical (unpaired) electrons. The van der Waals surface area contributed by atoms with E-state index in [1.807, 2.05) is 60.7 Å². The molecule has 0 aliphatic carbocycles. The molecule has 15 aromatic carbocycles. The van der Waals surface area contributed by atoms with Gasteiger partial charge in [0.1, 0.15) is 0 Å². The Labute approximate surface area is 614 Å². The molecule has 0 atom stereocenters. The van der Waals surface area contributed by atoms with E-state index in [1.165, 1.54) is 0 Å². The summed E-state index contributed by atoms with van der Waals surface area (Å²) in [6.45, 7) is 0. The number of aromatic nitrogens is 8. The van der Waals surface area contributed by atoms with Crippen LogP contribution in [0, 0.1) is 0 Å². The highest BCUT2D eigenvalue weighted by Crippen LogP contribution is 2.43. The molecule has 0 fully saturated rings. The fourth-order valence-corrected chi connectivity index (χ4v) is 14.3. The number of nitrogens with zero attached hydrogens (tertiary/aromatic N) is 8. The second kappa shape index (κ2) is 28.6. The van der Waals surface area contributed by atoms with Gasteiger partial charge >= 0.3 is 0 Å². The van der Waals surface area contributed by atoms with Crippen molar-refractivity contribution in [1.82, 2.24) is 39.9 Å². The van der Waals surface area contributed by atoms with Gasteiger partial charge in [0, 0.05) is 76.8 Å². The zero-order chi connectivity index (χ0) is 70.5. The van der Waals surface area contributed by atoms with E-state index < -0.39 is 0 Å². The Morgan fingerprint density at radius 3 is 0.679 bits per heavy atom. The first-order valence-electron chi connectivity index (χ1n) is 35.5. The maximum Gasteiger partial charge on any atom is 0.164 e. The molecule has 8 heteroatoms. The van der Waals surface area contributed by atoms with Crippen molar-refractivity contribution in [2.45, 2.75) is 0 Å². The number of hydrogen-bond acceptors (Lipinski definition) is 8. The summed E-state index contributed by atoms with van der Waals surface area (Å²) in [6.07, 6.45) is 0. The number of hydrogen-bond donors (Lipinski definition) is 0. The molecule has 19 aromatic rings. The van der Waals surface area contributed by atoms with Crippen LogP contribution in [0.3, 0.4) is 0 Å². The molecule has 0 spiro atoms. The number of rotatable bonds is 13. The summed E-state index contributed by atoms with van der Waals surface area (Å²) in [5, 5.41) is 6.57. The van der Waals surface area contributed by atoms with Crippen molar-refractivity contribution in [2.75, 3.05) is 0 Å². The van der Waals surface area contributed by atoms with Crippen LogP contribution in [0.1, 0.15) is 0 Å². The summed E-state index contributed by atoms with van der Waals surface area (Å²) in [5.74, 6) is 3.68. The highest BCUT2D eigenvalue weighted by atomic mass is 15.0. The summed E-state index contributed by atoms with van der Waals surface area (Å²) in [6, 6.07) is 134. The summed E-state index contributed by atoms with van der Waals surface area (Å²) in [7, 11) is 0. The van der Waals surface area contributed by atoms with E-state index in [2.05, 4.69) is 328 Å². The van der Waals surface area contributed by atoms with Crippen LogP contribution in [-0.2, 0) is 0 Å². The lowest BCUT2D eigenvalue weighted by Gasteiger charge is -2.15. The smallest absolute Gasteiger partial charge is 0.164 e. The third-order valence-corrected chi connectivity index (χ3v) is 19.4. The van der Waals surface area contributed by atoms with Crippen LogP contribution >= 0.6 is 0 Å². The van der Waals surface area contributed by atoms with Crippen LogP contribution in [0.4, 0.5) is 0 Å². The third kappa shape index (κ3) is 12.9. The molecule has 0 aliphatic rings. The van der Waals surface area contributed by atoms with Crippen LogP contribution in [0.5, 0.6) is 0 Å². The molecule has 0 bridgehead atoms. The Morgan fingerprint density at radius 1 is 0.132 bits per heavy atom. The van der Waals surface area contributed by atoms with Crippen LogP contribution in [0.15, 0.2) is 388 Å². The van der Waals surface area contributed by atoms with Crippen molar-refractivity contribution >= 4 is 43.4 Å². The van der Waals surface area contributed by atoms with E-state index in [-0.39, 0.29) is 0 Å². The predicted molar refractivity (Wildman–Crippen MR) is 436 cm³/mol. The van der Waals surface area contributed by atoms with Gasteiger partial charge in [0.05, 0.1) is 22.4 Å². The van der Waals surface area contributed by atoms with Gasteiger partial charge in [-0.15, -0.1) is 0 Å². The van der Waals surface area contributed by atoms with Gasteiger partial charge in [0.25, 0.3) is 0 Å². The molecule has 106 heavy (non-hydrogen) atoms. The van der Waals surface area contributed by atoms with Crippen molar-refractivity contribution in [3.8, 4) is 146 Å². The lowest BCUT2D eigenvalue weighted by molar-refractivity contribution is 1.07. The molecule has 496 valence electrons. The minimum absolute atomic E-state index is 0.597. The molecule has 0 N–H and O–H groups in total. The van der Waals surface area contributed by atoms with Gasteiger partial charge in [-0.05, 0) is 110 Å². The summed E-state index contributed by atoms with van der Waals surface area (Å²) < 4.78 is 0. The first-order chi connectivity index (χ1) is 52.5. The van der Waals surface area contributed by atoms with Crippen LogP contribution in [0.25, 0.3) is 190 Å². The Morgan fingerprint density at radius 2 is 0.368 bits per heavy atom. The minimum atomic E-state index is 0.597. The van der Waals surface area contributed by atoms with Crippen molar-refractivity contribution in [3.05, 3.63) is 388 Å². The molecule has 4 heterocycles. The Kier molecular flexibility index (Phi) is 17.2. The molecular weight excluding hydrogens is 1290 g/mol. The minimum Gasteiger partial charge on any atom is -0.247 e. The standard InChI is InChI=1S/C52H34N4.C46H30N4/c1-5-16-35(17-6-1)39-24-13-26-41(32-39)50-54-51(42-27-14-25-40(33-42)36-18-7-2-8-19-36)56-52(55-50)43-30-31-47-46(34-43)48-44(37-20-9-3-10-21-37)28-15-29-45(48)49(53-47)38-22-11-4-12-23-38;1-5-15-31(16-6-1)35-23-13-24-36(29-35)45-48-44(34-21-11-4-12-22-34)49-46(50-45)37-27-28-41-40(30-37)42-38(32-17-7-2-8-18-32)25-14-26-39(42)43(47-41)33-19-9-3-10-20-33/h1-34H;1-30H. The Hall–Kier alpha value is -14.3. The van der Waals surface area contributed by atoms with Gasteiger partial charge in [-0.3, -0.25) is 0 Å². The zero-order valence-corrected chi connectivity index (χ0v) is 57.5. The lowest BCUT2D eigenvalue weighted by atomic mass is 9.92. The van der Waals surface area contributed by atoms with Gasteiger partial charge in [-0.2, -0.15) is 0 Å². The first-order valence-corrected chi connectivity index (χ1v) is 35.5. The number of benzene rings is 15. The summed E-state index contributed by atoms with van der Waals surface area (Å²) in [5.41, 5.74) is 22.7. The Balaban J connectivity index is 0.000000151. The van der Waals surface area contributed by atoms with Crippen molar-refractivity contribution in [1.29, 1.82) is 0 Å². The third-order valence-electron chi connectivity index (χ3n) is 19.4. The quantitative estimate of drug-likeness (QED) is 0.105. The maximum atomic E-state index is 5.30. The van der Waals surface area contributed by atoms with Crippen LogP contribution in [0.2, 0.25) is 0 Å². The van der Waals surface area contributed by atoms with E-state index in [1.54, 1.807) is 0 Å². The van der Waals surface area contributed by atoms with E-state index in [9.17, 15) is 0 Å². The molecule has 0 unspecified atom stereocenters. The molecule has 4 aromatic heterocycles. The molecule has 0 aliphatic heterocycles. The van der Waals surface area contributed by atoms with Gasteiger partial charge in [0.2, 0.25) is 0 Å². The van der Waals surface area contributed by atoms with E-state index in [4.69, 9.17) is 39.9 Å². The first kappa shape index (κ1) is 63.8. The van der Waals surface area contributed by atoms with Crippen LogP contribution < -0.4 is 0 Å². The topological polar surface area (TPSA) is 103 Å². The lowest BCUT2D eigenvalue weighted by Crippen LogP contribution is -2.01. The van der Waals surface area contributed by atoms with E-state index >= 15 is 0 Å². The molecule has 0 amide bonds. The molecule has 8 nitrogen and oxygen atoms in total. The second-order valence-electron chi connectivity index (χ2n) is 26.1. The zero-order valence-electron chi connectivity index (χ0n) is 57.5. The molecular formula is C98H64N8. The van der Waals surface area contributed by atoms with Gasteiger partial charge < -0.3 is 0 Å². The maximum absolute atomic E-state index is 5.30. The highest BCUT2D eigenvalue weighted by molar-refractivity contribution is 6.19. The average molecular weight is 1350 g/mol. The molecule has 0 saturated heterocycles. The molecule has 19 rings (SSSR count). The normalized spacial score (nSPS) is 11.2. The van der Waals surface area contributed by atoms with Crippen molar-refractivity contribution < 1.29 is 0 Å². The predicted octanol–water partition coefficient (Wildman–Crippen LogP) is 24.8. The fraction of sp³-hybridized carbons (Fsp3) is 0. The van der Waals surface area contributed by atoms with Crippen LogP contribution in [-0.4, -0.2) is 39.9 Å². The van der Waals surface area contributed by atoms with Gasteiger partial charge in [-0.25, -0.2) is 39.9 Å². The summed E-state index contributed by atoms with van der Waals surface area (Å²) in [4.78, 5) is 41.3. The highest BCUT2D eigenvalue weighted by Gasteiger charge is 2.22. The number of fused-ring (bicyclic) bond motifs is 6. The molecule has 0 saturated carbocycles. The SMILES string of the molecule is c1ccc(-c2cccc(-c3nc(-c4cccc(-c5ccccc5)c4)nc(-c4ccc5nc(-c6ccccc6)c6cccc(-c7ccccc7)c6c5c4)n3)c2)cc1.c1ccc(-c2cccc(-c3nc(-c4ccccc4)nc(-c4ccc5nc(-c6ccccc6)c6cccc(-c7ccccc7)c6c5c4)n3)c2)cc1. The Bertz CT molecular complexity index is 6310. The monoisotopic (exact) mass is 1350 g/mol. The fourth-order valence-electron chi connectivity index (χ4n) is 14.3. The summed E-state index contributed by atoms with van der Waals surface area (Å²) >= 11 is 0. The van der Waals surface area contributed by atoms with E-state index in [0.717, 1.165) is 155 Å². The second-order valence-corrected chi connectivity index (χ2v) is 26.1. The van der Waals surface area contributed by atoms with E-state index in [0.29, 0.717) is 34.9 Å². The van der Waals surface area contributed by atoms with Gasteiger partial charge in [0.15, 0.2) is 34.9 Å². The average Bonchev–Trinajstić information content (AvgIpc) is 0.747. The van der Waals surface area contributed by atoms with Crippen molar-refractivity contribution in [2.24, 2.45) is 0 Å². The number of pyridine rings is 2.